The summed E-state index contributed by atoms with van der Waals surface area (Å²) >= 11 is 0. The number of carbonyl (C=O) groups excluding carboxylic acids is 1. The normalized spacial score (nSPS) is 10.8. The molecule has 6 heteroatoms. The molecular formula is C15H13F3N2O. The maximum atomic E-state index is 13.6. The number of halogens is 3. The number of hydrogen-bond acceptors (Lipinski definition) is 2. The van der Waals surface area contributed by atoms with Crippen molar-refractivity contribution in [2.24, 2.45) is 0 Å². The molecule has 0 spiro atoms. The Hall–Kier alpha value is -2.37. The van der Waals surface area contributed by atoms with Gasteiger partial charge in [-0.2, -0.15) is 0 Å². The summed E-state index contributed by atoms with van der Waals surface area (Å²) in [6.45, 7) is 1.43. The van der Waals surface area contributed by atoms with Crippen molar-refractivity contribution in [1.82, 2.24) is 10.3 Å². The van der Waals surface area contributed by atoms with Crippen LogP contribution < -0.4 is 5.32 Å². The third-order valence-corrected chi connectivity index (χ3v) is 3.10. The molecule has 0 saturated carbocycles. The van der Waals surface area contributed by atoms with Gasteiger partial charge in [0.1, 0.15) is 11.5 Å². The van der Waals surface area contributed by atoms with E-state index < -0.39 is 12.2 Å². The number of nitrogens with zero attached hydrogens (tertiary/aromatic N) is 1. The molecule has 1 aromatic carbocycles. The first-order valence-electron chi connectivity index (χ1n) is 6.20. The molecule has 0 radical (unpaired) electrons. The third-order valence-electron chi connectivity index (χ3n) is 3.10. The second kappa shape index (κ2) is 5.95. The summed E-state index contributed by atoms with van der Waals surface area (Å²) in [5.41, 5.74) is 0.459. The van der Waals surface area contributed by atoms with Crippen LogP contribution in [0.15, 0.2) is 30.5 Å². The van der Waals surface area contributed by atoms with Gasteiger partial charge in [0.15, 0.2) is 0 Å². The standard InChI is InChI=1S/C15H13F3N2O/c1-8-5-11(14(17)18)10(6-12(8)16)9-3-4-13(20-7-9)15(21)19-2/h3-7,14H,1-2H3,(H,19,21). The van der Waals surface area contributed by atoms with Gasteiger partial charge in [-0.3, -0.25) is 9.78 Å². The van der Waals surface area contributed by atoms with Gasteiger partial charge in [-0.25, -0.2) is 13.2 Å². The van der Waals surface area contributed by atoms with E-state index in [1.54, 1.807) is 0 Å². The van der Waals surface area contributed by atoms with E-state index in [9.17, 15) is 18.0 Å². The Morgan fingerprint density at radius 3 is 2.52 bits per heavy atom. The minimum atomic E-state index is -2.72. The Morgan fingerprint density at radius 1 is 1.29 bits per heavy atom. The molecule has 0 bridgehead atoms. The fourth-order valence-corrected chi connectivity index (χ4v) is 1.95. The van der Waals surface area contributed by atoms with Crippen molar-refractivity contribution in [2.45, 2.75) is 13.3 Å². The molecule has 3 nitrogen and oxygen atoms in total. The predicted octanol–water partition coefficient (Wildman–Crippen LogP) is 3.49. The molecule has 0 fully saturated rings. The smallest absolute Gasteiger partial charge is 0.269 e. The lowest BCUT2D eigenvalue weighted by molar-refractivity contribution is 0.0958. The van der Waals surface area contributed by atoms with Gasteiger partial charge in [0.25, 0.3) is 12.3 Å². The van der Waals surface area contributed by atoms with Crippen molar-refractivity contribution in [3.8, 4) is 11.1 Å². The monoisotopic (exact) mass is 294 g/mol. The van der Waals surface area contributed by atoms with E-state index in [4.69, 9.17) is 0 Å². The Balaban J connectivity index is 2.51. The van der Waals surface area contributed by atoms with E-state index in [-0.39, 0.29) is 28.3 Å². The quantitative estimate of drug-likeness (QED) is 0.941. The molecule has 1 heterocycles. The van der Waals surface area contributed by atoms with Crippen molar-refractivity contribution in [1.29, 1.82) is 0 Å². The molecule has 0 aliphatic carbocycles. The largest absolute Gasteiger partial charge is 0.354 e. The molecule has 1 aromatic heterocycles. The second-order valence-electron chi connectivity index (χ2n) is 4.50. The van der Waals surface area contributed by atoms with Crippen molar-refractivity contribution >= 4 is 5.91 Å². The minimum Gasteiger partial charge on any atom is -0.354 e. The maximum absolute atomic E-state index is 13.6. The van der Waals surface area contributed by atoms with Crippen molar-refractivity contribution in [3.63, 3.8) is 0 Å². The second-order valence-corrected chi connectivity index (χ2v) is 4.50. The average molecular weight is 294 g/mol. The van der Waals surface area contributed by atoms with Gasteiger partial charge >= 0.3 is 0 Å². The first-order valence-corrected chi connectivity index (χ1v) is 6.20. The van der Waals surface area contributed by atoms with E-state index in [2.05, 4.69) is 10.3 Å². The fraction of sp³-hybridized carbons (Fsp3) is 0.200. The maximum Gasteiger partial charge on any atom is 0.269 e. The minimum absolute atomic E-state index is 0.0732. The first kappa shape index (κ1) is 15.0. The summed E-state index contributed by atoms with van der Waals surface area (Å²) in [5.74, 6) is -0.949. The fourth-order valence-electron chi connectivity index (χ4n) is 1.95. The molecule has 2 rings (SSSR count). The number of amides is 1. The van der Waals surface area contributed by atoms with Crippen LogP contribution >= 0.6 is 0 Å². The van der Waals surface area contributed by atoms with E-state index in [1.807, 2.05) is 0 Å². The lowest BCUT2D eigenvalue weighted by atomic mass is 9.98. The van der Waals surface area contributed by atoms with Gasteiger partial charge < -0.3 is 5.32 Å². The number of hydrogen-bond donors (Lipinski definition) is 1. The molecule has 21 heavy (non-hydrogen) atoms. The van der Waals surface area contributed by atoms with E-state index in [1.165, 1.54) is 32.3 Å². The molecule has 0 aliphatic rings. The molecular weight excluding hydrogens is 281 g/mol. The van der Waals surface area contributed by atoms with Crippen molar-refractivity contribution in [3.05, 3.63) is 53.1 Å². The number of nitrogens with one attached hydrogen (secondary N) is 1. The molecule has 1 N–H and O–H groups in total. The van der Waals surface area contributed by atoms with Gasteiger partial charge in [0, 0.05) is 24.4 Å². The SMILES string of the molecule is CNC(=O)c1ccc(-c2cc(F)c(C)cc2C(F)F)cn1. The van der Waals surface area contributed by atoms with E-state index in [0.717, 1.165) is 12.1 Å². The van der Waals surface area contributed by atoms with E-state index >= 15 is 0 Å². The number of rotatable bonds is 3. The summed E-state index contributed by atoms with van der Waals surface area (Å²) in [6, 6.07) is 5.06. The summed E-state index contributed by atoms with van der Waals surface area (Å²) in [7, 11) is 1.46. The van der Waals surface area contributed by atoms with Gasteiger partial charge in [0.2, 0.25) is 0 Å². The summed E-state index contributed by atoms with van der Waals surface area (Å²) in [4.78, 5) is 15.3. The molecule has 110 valence electrons. The number of benzene rings is 1. The molecule has 0 unspecified atom stereocenters. The molecule has 0 aliphatic heterocycles. The zero-order valence-corrected chi connectivity index (χ0v) is 11.5. The highest BCUT2D eigenvalue weighted by Crippen LogP contribution is 2.32. The Bertz CT molecular complexity index is 669. The number of aromatic nitrogens is 1. The lowest BCUT2D eigenvalue weighted by Crippen LogP contribution is -2.18. The van der Waals surface area contributed by atoms with E-state index in [0.29, 0.717) is 5.56 Å². The van der Waals surface area contributed by atoms with Crippen LogP contribution in [0.5, 0.6) is 0 Å². The zero-order chi connectivity index (χ0) is 15.6. The molecule has 0 saturated heterocycles. The van der Waals surface area contributed by atoms with Gasteiger partial charge in [-0.05, 0) is 36.2 Å². The van der Waals surface area contributed by atoms with Gasteiger partial charge in [-0.15, -0.1) is 0 Å². The highest BCUT2D eigenvalue weighted by molar-refractivity contribution is 5.92. The zero-order valence-electron chi connectivity index (χ0n) is 11.5. The lowest BCUT2D eigenvalue weighted by Gasteiger charge is -2.11. The van der Waals surface area contributed by atoms with Gasteiger partial charge in [0.05, 0.1) is 0 Å². The Labute approximate surface area is 119 Å². The first-order chi connectivity index (χ1) is 9.93. The molecule has 2 aromatic rings. The predicted molar refractivity (Wildman–Crippen MR) is 72.7 cm³/mol. The topological polar surface area (TPSA) is 42.0 Å². The molecule has 0 atom stereocenters. The summed E-state index contributed by atoms with van der Waals surface area (Å²) in [5, 5.41) is 2.41. The summed E-state index contributed by atoms with van der Waals surface area (Å²) < 4.78 is 39.8. The third kappa shape index (κ3) is 3.04. The summed E-state index contributed by atoms with van der Waals surface area (Å²) in [6.07, 6.45) is -1.45. The van der Waals surface area contributed by atoms with Crippen molar-refractivity contribution in [2.75, 3.05) is 7.05 Å². The van der Waals surface area contributed by atoms with Crippen LogP contribution in [-0.4, -0.2) is 17.9 Å². The Kier molecular flexibility index (Phi) is 4.26. The van der Waals surface area contributed by atoms with Crippen LogP contribution in [0.1, 0.15) is 28.0 Å². The Morgan fingerprint density at radius 2 is 2.00 bits per heavy atom. The van der Waals surface area contributed by atoms with Crippen LogP contribution in [-0.2, 0) is 0 Å². The highest BCUT2D eigenvalue weighted by Gasteiger charge is 2.17. The van der Waals surface area contributed by atoms with Crippen LogP contribution in [0, 0.1) is 12.7 Å². The van der Waals surface area contributed by atoms with Crippen LogP contribution in [0.2, 0.25) is 0 Å². The number of carbonyl (C=O) groups is 1. The van der Waals surface area contributed by atoms with Crippen molar-refractivity contribution < 1.29 is 18.0 Å². The number of aryl methyl sites for hydroxylation is 1. The molecule has 1 amide bonds. The number of pyridine rings is 1. The van der Waals surface area contributed by atoms with Crippen LogP contribution in [0.25, 0.3) is 11.1 Å². The highest BCUT2D eigenvalue weighted by atomic mass is 19.3. The van der Waals surface area contributed by atoms with Crippen LogP contribution in [0.3, 0.4) is 0 Å². The van der Waals surface area contributed by atoms with Crippen LogP contribution in [0.4, 0.5) is 13.2 Å². The average Bonchev–Trinajstić information content (AvgIpc) is 2.48. The van der Waals surface area contributed by atoms with Gasteiger partial charge in [-0.1, -0.05) is 6.07 Å². The number of alkyl halides is 2.